The number of anilines is 2. The number of ether oxygens (including phenoxy) is 1. The van der Waals surface area contributed by atoms with Crippen molar-refractivity contribution in [2.24, 2.45) is 0 Å². The van der Waals surface area contributed by atoms with Gasteiger partial charge in [0.25, 0.3) is 5.91 Å². The predicted octanol–water partition coefficient (Wildman–Crippen LogP) is 5.39. The number of fused-ring (bicyclic) bond motifs is 3. The quantitative estimate of drug-likeness (QED) is 0.244. The summed E-state index contributed by atoms with van der Waals surface area (Å²) in [6, 6.07) is 17.4. The number of rotatable bonds is 8. The van der Waals surface area contributed by atoms with Gasteiger partial charge in [0.05, 0.1) is 30.1 Å². The standard InChI is InChI=1S/C36H37FN6O3/c1-20-32(21(2)42-41-20)23-5-8-25(9-6-23)39-34(44)33(40-35(45)36(37)12-13-36)29-10-7-22-3-4-24(15-30(22)29)31-17-26(11-14-38-31)43-18-28-16-27(43)19-46-28/h3-6,8-9,11,14-15,17,27-29,33H,7,10,12-13,16,18-19H2,1-2H3,(H,39,44)(H,40,45)(H,41,42)/t27-,28-,29+,33?/m0/s1. The Hall–Kier alpha value is -4.57. The molecule has 1 saturated carbocycles. The van der Waals surface area contributed by atoms with Crippen molar-refractivity contribution < 1.29 is 18.7 Å². The van der Waals surface area contributed by atoms with E-state index in [9.17, 15) is 14.0 Å². The number of aromatic nitrogens is 3. The summed E-state index contributed by atoms with van der Waals surface area (Å²) >= 11 is 0. The highest BCUT2D eigenvalue weighted by Gasteiger charge is 2.52. The van der Waals surface area contributed by atoms with E-state index in [1.54, 1.807) is 0 Å². The Kier molecular flexibility index (Phi) is 6.93. The zero-order valence-electron chi connectivity index (χ0n) is 26.0. The minimum absolute atomic E-state index is 0.180. The molecule has 2 aromatic carbocycles. The molecule has 4 heterocycles. The minimum Gasteiger partial charge on any atom is -0.374 e. The van der Waals surface area contributed by atoms with Crippen molar-refractivity contribution in [1.82, 2.24) is 20.5 Å². The molecule has 2 saturated heterocycles. The average molecular weight is 621 g/mol. The molecule has 2 amide bonds. The van der Waals surface area contributed by atoms with Gasteiger partial charge in [-0.3, -0.25) is 19.7 Å². The molecule has 8 rings (SSSR count). The van der Waals surface area contributed by atoms with E-state index in [2.05, 4.69) is 50.0 Å². The first-order valence-electron chi connectivity index (χ1n) is 16.2. The van der Waals surface area contributed by atoms with Crippen LogP contribution < -0.4 is 15.5 Å². The third-order valence-corrected chi connectivity index (χ3v) is 10.2. The first-order chi connectivity index (χ1) is 22.3. The number of morpholine rings is 1. The number of nitrogens with zero attached hydrogens (tertiary/aromatic N) is 3. The number of aryl methyl sites for hydroxylation is 3. The fourth-order valence-corrected chi connectivity index (χ4v) is 7.48. The monoisotopic (exact) mass is 620 g/mol. The molecule has 2 bridgehead atoms. The molecule has 4 atom stereocenters. The maximum atomic E-state index is 14.9. The molecule has 10 heteroatoms. The highest BCUT2D eigenvalue weighted by molar-refractivity contribution is 6.00. The molecule has 3 fully saturated rings. The van der Waals surface area contributed by atoms with Crippen LogP contribution in [0.2, 0.25) is 0 Å². The van der Waals surface area contributed by atoms with Crippen LogP contribution in [0.5, 0.6) is 0 Å². The van der Waals surface area contributed by atoms with Gasteiger partial charge in [-0.15, -0.1) is 0 Å². The summed E-state index contributed by atoms with van der Waals surface area (Å²) in [6.07, 6.45) is 4.99. The highest BCUT2D eigenvalue weighted by atomic mass is 19.1. The topological polar surface area (TPSA) is 112 Å². The molecule has 1 unspecified atom stereocenters. The van der Waals surface area contributed by atoms with Gasteiger partial charge in [-0.05, 0) is 93.0 Å². The summed E-state index contributed by atoms with van der Waals surface area (Å²) in [5, 5.41) is 13.1. The number of amides is 2. The van der Waals surface area contributed by atoms with Crippen LogP contribution in [-0.4, -0.2) is 64.0 Å². The number of carbonyl (C=O) groups is 2. The lowest BCUT2D eigenvalue weighted by molar-refractivity contribution is -0.131. The van der Waals surface area contributed by atoms with Crippen molar-refractivity contribution in [3.05, 3.63) is 83.3 Å². The van der Waals surface area contributed by atoms with Gasteiger partial charge in [0.15, 0.2) is 5.67 Å². The van der Waals surface area contributed by atoms with Crippen LogP contribution in [-0.2, 0) is 20.7 Å². The molecular formula is C36H37FN6O3. The Morgan fingerprint density at radius 1 is 1.09 bits per heavy atom. The molecule has 2 aliphatic heterocycles. The first-order valence-corrected chi connectivity index (χ1v) is 16.2. The average Bonchev–Trinajstić information content (AvgIpc) is 3.47. The number of H-pyrrole nitrogens is 1. The van der Waals surface area contributed by atoms with Gasteiger partial charge in [0.2, 0.25) is 5.91 Å². The summed E-state index contributed by atoms with van der Waals surface area (Å²) in [7, 11) is 0. The fraction of sp³-hybridized carbons (Fsp3) is 0.389. The molecule has 4 aromatic rings. The van der Waals surface area contributed by atoms with Gasteiger partial charge in [0.1, 0.15) is 6.04 Å². The minimum atomic E-state index is -1.89. The molecule has 9 nitrogen and oxygen atoms in total. The second-order valence-corrected chi connectivity index (χ2v) is 13.2. The number of nitrogens with one attached hydrogen (secondary N) is 3. The number of pyridine rings is 1. The van der Waals surface area contributed by atoms with Crippen molar-refractivity contribution in [1.29, 1.82) is 0 Å². The van der Waals surface area contributed by atoms with Crippen LogP contribution in [0.4, 0.5) is 15.8 Å². The summed E-state index contributed by atoms with van der Waals surface area (Å²) in [5.74, 6) is -1.39. The molecular weight excluding hydrogens is 583 g/mol. The van der Waals surface area contributed by atoms with Gasteiger partial charge < -0.3 is 20.3 Å². The van der Waals surface area contributed by atoms with E-state index in [1.807, 2.05) is 50.4 Å². The molecule has 2 aliphatic carbocycles. The van der Waals surface area contributed by atoms with Gasteiger partial charge in [-0.25, -0.2) is 4.39 Å². The number of benzene rings is 2. The second kappa shape index (κ2) is 11.0. The van der Waals surface area contributed by atoms with Crippen molar-refractivity contribution in [3.8, 4) is 22.4 Å². The van der Waals surface area contributed by atoms with E-state index >= 15 is 0 Å². The van der Waals surface area contributed by atoms with E-state index in [1.165, 1.54) is 0 Å². The molecule has 46 heavy (non-hydrogen) atoms. The number of aromatic amines is 1. The Labute approximate surface area is 266 Å². The summed E-state index contributed by atoms with van der Waals surface area (Å²) < 4.78 is 20.7. The lowest BCUT2D eigenvalue weighted by Gasteiger charge is -2.29. The maximum Gasteiger partial charge on any atom is 0.258 e. The van der Waals surface area contributed by atoms with Gasteiger partial charge in [-0.2, -0.15) is 5.10 Å². The van der Waals surface area contributed by atoms with Gasteiger partial charge in [0, 0.05) is 46.9 Å². The predicted molar refractivity (Wildman–Crippen MR) is 173 cm³/mol. The zero-order valence-corrected chi connectivity index (χ0v) is 26.0. The highest BCUT2D eigenvalue weighted by Crippen LogP contribution is 2.42. The second-order valence-electron chi connectivity index (χ2n) is 13.2. The summed E-state index contributed by atoms with van der Waals surface area (Å²) in [6.45, 7) is 5.56. The van der Waals surface area contributed by atoms with Crippen LogP contribution in [0.15, 0.2) is 60.8 Å². The van der Waals surface area contributed by atoms with E-state index in [4.69, 9.17) is 9.72 Å². The van der Waals surface area contributed by atoms with E-state index in [0.717, 1.165) is 76.6 Å². The Morgan fingerprint density at radius 3 is 2.59 bits per heavy atom. The SMILES string of the molecule is Cc1n[nH]c(C)c1-c1ccc(NC(=O)C(NC(=O)C2(F)CC2)[C@@H]2CCc3ccc(-c4cc(N5C[C@@H]6C[C@H]5CO6)ccn4)cc32)cc1. The molecule has 0 spiro atoms. The third kappa shape index (κ3) is 5.14. The molecule has 4 aliphatic rings. The smallest absolute Gasteiger partial charge is 0.258 e. The largest absolute Gasteiger partial charge is 0.374 e. The summed E-state index contributed by atoms with van der Waals surface area (Å²) in [4.78, 5) is 34.0. The zero-order chi connectivity index (χ0) is 31.6. The number of hydrogen-bond acceptors (Lipinski definition) is 6. The number of halogens is 1. The van der Waals surface area contributed by atoms with Crippen LogP contribution in [0.3, 0.4) is 0 Å². The molecule has 0 radical (unpaired) electrons. The van der Waals surface area contributed by atoms with Crippen molar-refractivity contribution in [2.45, 2.75) is 75.7 Å². The molecule has 3 N–H and O–H groups in total. The third-order valence-electron chi connectivity index (χ3n) is 10.2. The Morgan fingerprint density at radius 2 is 1.89 bits per heavy atom. The number of hydrogen-bond donors (Lipinski definition) is 3. The number of carbonyl (C=O) groups excluding carboxylic acids is 2. The van der Waals surface area contributed by atoms with Crippen LogP contribution in [0, 0.1) is 13.8 Å². The lowest BCUT2D eigenvalue weighted by Crippen LogP contribution is -2.50. The molecule has 2 aromatic heterocycles. The number of alkyl halides is 1. The Bertz CT molecular complexity index is 1810. The van der Waals surface area contributed by atoms with Gasteiger partial charge >= 0.3 is 0 Å². The van der Waals surface area contributed by atoms with Crippen molar-refractivity contribution in [2.75, 3.05) is 23.4 Å². The Balaban J connectivity index is 1.06. The van der Waals surface area contributed by atoms with E-state index < -0.39 is 17.6 Å². The van der Waals surface area contributed by atoms with Crippen molar-refractivity contribution in [3.63, 3.8) is 0 Å². The lowest BCUT2D eigenvalue weighted by atomic mass is 9.90. The van der Waals surface area contributed by atoms with Crippen LogP contribution in [0.1, 0.15) is 54.1 Å². The van der Waals surface area contributed by atoms with E-state index in [-0.39, 0.29) is 24.7 Å². The van der Waals surface area contributed by atoms with Crippen LogP contribution >= 0.6 is 0 Å². The van der Waals surface area contributed by atoms with E-state index in [0.29, 0.717) is 24.3 Å². The normalized spacial score (nSPS) is 22.8. The van der Waals surface area contributed by atoms with Crippen LogP contribution in [0.25, 0.3) is 22.4 Å². The van der Waals surface area contributed by atoms with Crippen molar-refractivity contribution >= 4 is 23.2 Å². The first kappa shape index (κ1) is 28.9. The molecule has 236 valence electrons. The fourth-order valence-electron chi connectivity index (χ4n) is 7.48. The maximum absolute atomic E-state index is 14.9. The van der Waals surface area contributed by atoms with Gasteiger partial charge in [-0.1, -0.05) is 24.3 Å². The summed E-state index contributed by atoms with van der Waals surface area (Å²) in [5.41, 5.74) is 7.63.